The fourth-order valence-corrected chi connectivity index (χ4v) is 2.50. The molecular weight excluding hydrogens is 290 g/mol. The van der Waals surface area contributed by atoms with Crippen molar-refractivity contribution >= 4 is 17.3 Å². The average molecular weight is 307 g/mol. The van der Waals surface area contributed by atoms with Crippen molar-refractivity contribution in [2.75, 3.05) is 13.2 Å². The van der Waals surface area contributed by atoms with Crippen molar-refractivity contribution in [3.63, 3.8) is 0 Å². The topological polar surface area (TPSA) is 68.7 Å². The number of ether oxygens (including phenoxy) is 2. The van der Waals surface area contributed by atoms with Gasteiger partial charge in [0.05, 0.1) is 19.4 Å². The molecule has 0 aliphatic carbocycles. The van der Waals surface area contributed by atoms with Crippen LogP contribution in [0.1, 0.15) is 29.9 Å². The van der Waals surface area contributed by atoms with Crippen LogP contribution in [0.25, 0.3) is 10.6 Å². The van der Waals surface area contributed by atoms with Crippen molar-refractivity contribution in [2.24, 2.45) is 0 Å². The highest BCUT2D eigenvalue weighted by Gasteiger charge is 2.13. The number of nitrogens with zero attached hydrogens (tertiary/aromatic N) is 1. The number of carboxylic acid groups (broad SMARTS) is 1. The maximum absolute atomic E-state index is 10.9. The third-order valence-corrected chi connectivity index (χ3v) is 3.70. The van der Waals surface area contributed by atoms with Gasteiger partial charge in [0.25, 0.3) is 0 Å². The van der Waals surface area contributed by atoms with Crippen LogP contribution >= 0.6 is 11.3 Å². The highest BCUT2D eigenvalue weighted by molar-refractivity contribution is 7.16. The zero-order valence-electron chi connectivity index (χ0n) is 12.0. The first-order chi connectivity index (χ1) is 10.2. The molecule has 0 aliphatic rings. The molecule has 1 aromatic carbocycles. The number of carboxylic acids is 1. The number of benzene rings is 1. The molecule has 6 heteroatoms. The molecule has 0 aliphatic heterocycles. The van der Waals surface area contributed by atoms with Crippen LogP contribution in [-0.4, -0.2) is 29.3 Å². The van der Waals surface area contributed by atoms with E-state index >= 15 is 0 Å². The molecule has 2 aromatic rings. The number of carbonyl (C=O) groups is 1. The van der Waals surface area contributed by atoms with E-state index in [0.29, 0.717) is 29.7 Å². The molecule has 0 unspecified atom stereocenters. The second kappa shape index (κ2) is 7.08. The van der Waals surface area contributed by atoms with E-state index < -0.39 is 5.97 Å². The summed E-state index contributed by atoms with van der Waals surface area (Å²) in [7, 11) is 0. The Labute approximate surface area is 127 Å². The maximum Gasteiger partial charge on any atom is 0.347 e. The molecule has 1 N–H and O–H groups in total. The molecule has 0 saturated heterocycles. The Hall–Kier alpha value is -2.08. The van der Waals surface area contributed by atoms with Gasteiger partial charge in [0.1, 0.15) is 9.88 Å². The Morgan fingerprint density at radius 3 is 2.71 bits per heavy atom. The van der Waals surface area contributed by atoms with Gasteiger partial charge in [-0.15, -0.1) is 11.3 Å². The quantitative estimate of drug-likeness (QED) is 0.844. The summed E-state index contributed by atoms with van der Waals surface area (Å²) < 4.78 is 11.2. The van der Waals surface area contributed by atoms with Crippen LogP contribution in [0.3, 0.4) is 0 Å². The van der Waals surface area contributed by atoms with E-state index in [1.165, 1.54) is 6.20 Å². The summed E-state index contributed by atoms with van der Waals surface area (Å²) in [6, 6.07) is 5.52. The van der Waals surface area contributed by atoms with Crippen molar-refractivity contribution in [3.05, 3.63) is 29.3 Å². The van der Waals surface area contributed by atoms with Crippen molar-refractivity contribution in [1.82, 2.24) is 4.98 Å². The van der Waals surface area contributed by atoms with Crippen molar-refractivity contribution in [3.8, 4) is 22.1 Å². The molecule has 21 heavy (non-hydrogen) atoms. The minimum Gasteiger partial charge on any atom is -0.490 e. The van der Waals surface area contributed by atoms with Gasteiger partial charge in [-0.05, 0) is 31.5 Å². The standard InChI is InChI=1S/C15H17NO4S/c1-3-7-20-11-6-5-10(8-12(11)19-4-2)14-16-9-13(21-14)15(17)18/h5-6,8-9H,3-4,7H2,1-2H3,(H,17,18). The summed E-state index contributed by atoms with van der Waals surface area (Å²) in [5, 5.41) is 9.60. The molecule has 0 atom stereocenters. The van der Waals surface area contributed by atoms with Gasteiger partial charge in [0, 0.05) is 5.56 Å². The first-order valence-electron chi connectivity index (χ1n) is 6.74. The molecule has 0 radical (unpaired) electrons. The third kappa shape index (κ3) is 3.72. The van der Waals surface area contributed by atoms with Gasteiger partial charge in [-0.1, -0.05) is 6.92 Å². The largest absolute Gasteiger partial charge is 0.490 e. The molecule has 0 saturated carbocycles. The molecule has 0 amide bonds. The van der Waals surface area contributed by atoms with Crippen LogP contribution in [-0.2, 0) is 0 Å². The number of thiazole rings is 1. The van der Waals surface area contributed by atoms with Crippen LogP contribution in [0.15, 0.2) is 24.4 Å². The van der Waals surface area contributed by atoms with Crippen LogP contribution in [0.4, 0.5) is 0 Å². The summed E-state index contributed by atoms with van der Waals surface area (Å²) in [4.78, 5) is 15.3. The van der Waals surface area contributed by atoms with Gasteiger partial charge < -0.3 is 14.6 Å². The lowest BCUT2D eigenvalue weighted by Gasteiger charge is -2.12. The van der Waals surface area contributed by atoms with Gasteiger partial charge in [0.15, 0.2) is 11.5 Å². The molecule has 1 heterocycles. The SMILES string of the molecule is CCCOc1ccc(-c2ncc(C(=O)O)s2)cc1OCC. The second-order valence-electron chi connectivity index (χ2n) is 4.28. The van der Waals surface area contributed by atoms with Crippen molar-refractivity contribution in [1.29, 1.82) is 0 Å². The molecule has 112 valence electrons. The molecule has 0 fully saturated rings. The Bertz CT molecular complexity index is 624. The van der Waals surface area contributed by atoms with E-state index in [1.54, 1.807) is 0 Å². The second-order valence-corrected chi connectivity index (χ2v) is 5.31. The minimum absolute atomic E-state index is 0.217. The smallest absolute Gasteiger partial charge is 0.347 e. The summed E-state index contributed by atoms with van der Waals surface area (Å²) in [5.41, 5.74) is 0.819. The fourth-order valence-electron chi connectivity index (χ4n) is 1.75. The molecule has 0 bridgehead atoms. The summed E-state index contributed by atoms with van der Waals surface area (Å²) >= 11 is 1.14. The van der Waals surface area contributed by atoms with Gasteiger partial charge in [-0.2, -0.15) is 0 Å². The highest BCUT2D eigenvalue weighted by atomic mass is 32.1. The van der Waals surface area contributed by atoms with Gasteiger partial charge >= 0.3 is 5.97 Å². The van der Waals surface area contributed by atoms with E-state index in [9.17, 15) is 4.79 Å². The van der Waals surface area contributed by atoms with Crippen LogP contribution in [0.5, 0.6) is 11.5 Å². The normalized spacial score (nSPS) is 10.4. The van der Waals surface area contributed by atoms with Crippen LogP contribution < -0.4 is 9.47 Å². The zero-order chi connectivity index (χ0) is 15.2. The van der Waals surface area contributed by atoms with E-state index in [0.717, 1.165) is 23.3 Å². The van der Waals surface area contributed by atoms with Gasteiger partial charge in [-0.25, -0.2) is 9.78 Å². The third-order valence-electron chi connectivity index (χ3n) is 2.67. The van der Waals surface area contributed by atoms with E-state index in [-0.39, 0.29) is 4.88 Å². The molecule has 5 nitrogen and oxygen atoms in total. The maximum atomic E-state index is 10.9. The zero-order valence-corrected chi connectivity index (χ0v) is 12.8. The lowest BCUT2D eigenvalue weighted by molar-refractivity contribution is 0.0702. The predicted molar refractivity (Wildman–Crippen MR) is 81.5 cm³/mol. The summed E-state index contributed by atoms with van der Waals surface area (Å²) in [6.45, 7) is 5.10. The number of hydrogen-bond donors (Lipinski definition) is 1. The minimum atomic E-state index is -0.966. The molecule has 0 spiro atoms. The van der Waals surface area contributed by atoms with Crippen molar-refractivity contribution in [2.45, 2.75) is 20.3 Å². The van der Waals surface area contributed by atoms with Gasteiger partial charge in [0.2, 0.25) is 0 Å². The summed E-state index contributed by atoms with van der Waals surface area (Å²) in [6.07, 6.45) is 2.28. The Morgan fingerprint density at radius 2 is 2.10 bits per heavy atom. The van der Waals surface area contributed by atoms with E-state index in [1.807, 2.05) is 32.0 Å². The monoisotopic (exact) mass is 307 g/mol. The fraction of sp³-hybridized carbons (Fsp3) is 0.333. The molecule has 2 rings (SSSR count). The van der Waals surface area contributed by atoms with Crippen LogP contribution in [0, 0.1) is 0 Å². The van der Waals surface area contributed by atoms with Crippen LogP contribution in [0.2, 0.25) is 0 Å². The Balaban J connectivity index is 2.31. The number of aromatic nitrogens is 1. The average Bonchev–Trinajstić information content (AvgIpc) is 2.96. The van der Waals surface area contributed by atoms with E-state index in [4.69, 9.17) is 14.6 Å². The Morgan fingerprint density at radius 1 is 1.29 bits per heavy atom. The number of rotatable bonds is 7. The number of aromatic carboxylic acids is 1. The number of hydrogen-bond acceptors (Lipinski definition) is 5. The van der Waals surface area contributed by atoms with Crippen molar-refractivity contribution < 1.29 is 19.4 Å². The lowest BCUT2D eigenvalue weighted by atomic mass is 10.2. The summed E-state index contributed by atoms with van der Waals surface area (Å²) in [5.74, 6) is 0.375. The Kier molecular flexibility index (Phi) is 5.16. The lowest BCUT2D eigenvalue weighted by Crippen LogP contribution is -2.00. The highest BCUT2D eigenvalue weighted by Crippen LogP contribution is 2.34. The predicted octanol–water partition coefficient (Wildman–Crippen LogP) is 3.70. The first kappa shape index (κ1) is 15.3. The van der Waals surface area contributed by atoms with Gasteiger partial charge in [-0.3, -0.25) is 0 Å². The first-order valence-corrected chi connectivity index (χ1v) is 7.56. The van der Waals surface area contributed by atoms with E-state index in [2.05, 4.69) is 4.98 Å². The molecular formula is C15H17NO4S. The molecule has 1 aromatic heterocycles.